The van der Waals surface area contributed by atoms with E-state index in [9.17, 15) is 8.78 Å². The second-order valence-electron chi connectivity index (χ2n) is 3.16. The van der Waals surface area contributed by atoms with Gasteiger partial charge in [-0.1, -0.05) is 26.7 Å². The Hall–Kier alpha value is -0.180. The number of rotatable bonds is 6. The van der Waals surface area contributed by atoms with Crippen LogP contribution >= 0.6 is 0 Å². The van der Waals surface area contributed by atoms with Crippen LogP contribution in [0.5, 0.6) is 0 Å². The third kappa shape index (κ3) is 4.65. The topological polar surface area (TPSA) is 12.0 Å². The lowest BCUT2D eigenvalue weighted by atomic mass is 9.96. The maximum Gasteiger partial charge on any atom is 0.250 e. The minimum Gasteiger partial charge on any atom is -0.309 e. The second kappa shape index (κ2) is 6.35. The number of nitrogens with one attached hydrogen (secondary N) is 1. The van der Waals surface area contributed by atoms with Crippen molar-refractivity contribution in [3.05, 3.63) is 0 Å². The fourth-order valence-corrected chi connectivity index (χ4v) is 1.44. The Kier molecular flexibility index (Phi) is 6.25. The van der Waals surface area contributed by atoms with E-state index in [2.05, 4.69) is 19.2 Å². The first-order valence-electron chi connectivity index (χ1n) is 4.63. The molecule has 0 aliphatic carbocycles. The van der Waals surface area contributed by atoms with Crippen LogP contribution in [0.3, 0.4) is 0 Å². The first-order chi connectivity index (χ1) is 5.61. The fraction of sp³-hybridized carbons (Fsp3) is 1.00. The molecule has 1 nitrogen and oxygen atoms in total. The first-order valence-corrected chi connectivity index (χ1v) is 4.63. The lowest BCUT2D eigenvalue weighted by Gasteiger charge is -2.22. The van der Waals surface area contributed by atoms with Gasteiger partial charge in [-0.2, -0.15) is 0 Å². The van der Waals surface area contributed by atoms with Gasteiger partial charge < -0.3 is 5.32 Å². The molecule has 12 heavy (non-hydrogen) atoms. The van der Waals surface area contributed by atoms with E-state index in [1.807, 2.05) is 6.92 Å². The van der Waals surface area contributed by atoms with E-state index < -0.39 is 6.43 Å². The van der Waals surface area contributed by atoms with Crippen LogP contribution in [0, 0.1) is 5.92 Å². The minimum atomic E-state index is -2.23. The van der Waals surface area contributed by atoms with Gasteiger partial charge in [-0.25, -0.2) is 8.78 Å². The molecule has 1 unspecified atom stereocenters. The molecule has 0 aromatic rings. The minimum absolute atomic E-state index is 0.183. The molecule has 0 heterocycles. The smallest absolute Gasteiger partial charge is 0.250 e. The molecule has 3 heteroatoms. The molecular weight excluding hydrogens is 160 g/mol. The summed E-state index contributed by atoms with van der Waals surface area (Å²) in [6.07, 6.45) is -0.135. The fourth-order valence-electron chi connectivity index (χ4n) is 1.44. The predicted octanol–water partition coefficient (Wildman–Crippen LogP) is 2.67. The van der Waals surface area contributed by atoms with Crippen molar-refractivity contribution in [3.8, 4) is 0 Å². The summed E-state index contributed by atoms with van der Waals surface area (Å²) in [5.74, 6) is 0.517. The summed E-state index contributed by atoms with van der Waals surface area (Å²) >= 11 is 0. The zero-order chi connectivity index (χ0) is 9.56. The van der Waals surface area contributed by atoms with Gasteiger partial charge in [-0.15, -0.1) is 0 Å². The molecule has 0 aliphatic heterocycles. The predicted molar refractivity (Wildman–Crippen MR) is 47.5 cm³/mol. The maximum absolute atomic E-state index is 11.8. The van der Waals surface area contributed by atoms with Gasteiger partial charge in [-0.3, -0.25) is 0 Å². The number of alkyl halides is 2. The van der Waals surface area contributed by atoms with Gasteiger partial charge in [0.1, 0.15) is 0 Å². The van der Waals surface area contributed by atoms with Crippen molar-refractivity contribution in [1.82, 2.24) is 5.32 Å². The normalized spacial score (nSPS) is 14.2. The Bertz CT molecular complexity index is 103. The highest BCUT2D eigenvalue weighted by molar-refractivity contribution is 4.69. The van der Waals surface area contributed by atoms with E-state index in [-0.39, 0.29) is 12.6 Å². The summed E-state index contributed by atoms with van der Waals surface area (Å²) in [6, 6.07) is 0.203. The van der Waals surface area contributed by atoms with Gasteiger partial charge in [0.25, 0.3) is 6.43 Å². The van der Waals surface area contributed by atoms with Crippen LogP contribution in [-0.4, -0.2) is 19.0 Å². The average Bonchev–Trinajstić information content (AvgIpc) is 2.03. The van der Waals surface area contributed by atoms with E-state index in [1.165, 1.54) is 0 Å². The molecule has 0 bridgehead atoms. The number of hydrogen-bond donors (Lipinski definition) is 1. The van der Waals surface area contributed by atoms with Crippen LogP contribution in [0.15, 0.2) is 0 Å². The lowest BCUT2D eigenvalue weighted by molar-refractivity contribution is 0.137. The van der Waals surface area contributed by atoms with Gasteiger partial charge in [0.2, 0.25) is 0 Å². The molecule has 0 radical (unpaired) electrons. The van der Waals surface area contributed by atoms with E-state index >= 15 is 0 Å². The molecule has 0 rings (SSSR count). The Labute approximate surface area is 73.5 Å². The Balaban J connectivity index is 3.61. The van der Waals surface area contributed by atoms with Crippen molar-refractivity contribution in [3.63, 3.8) is 0 Å². The molecule has 0 aromatic carbocycles. The first kappa shape index (κ1) is 11.8. The van der Waals surface area contributed by atoms with Crippen LogP contribution in [0.4, 0.5) is 8.78 Å². The van der Waals surface area contributed by atoms with Gasteiger partial charge in [0.05, 0.1) is 6.54 Å². The van der Waals surface area contributed by atoms with E-state index in [1.54, 1.807) is 0 Å². The molecule has 1 N–H and O–H groups in total. The third-order valence-corrected chi connectivity index (χ3v) is 2.35. The van der Waals surface area contributed by atoms with Crippen molar-refractivity contribution in [2.75, 3.05) is 6.54 Å². The van der Waals surface area contributed by atoms with Crippen molar-refractivity contribution < 1.29 is 8.78 Å². The van der Waals surface area contributed by atoms with Crippen LogP contribution in [0.2, 0.25) is 0 Å². The zero-order valence-corrected chi connectivity index (χ0v) is 8.11. The third-order valence-electron chi connectivity index (χ3n) is 2.35. The molecule has 0 aliphatic rings. The largest absolute Gasteiger partial charge is 0.309 e. The molecule has 0 fully saturated rings. The number of halogens is 2. The van der Waals surface area contributed by atoms with Crippen LogP contribution in [0.25, 0.3) is 0 Å². The van der Waals surface area contributed by atoms with Gasteiger partial charge in [-0.05, 0) is 12.8 Å². The highest BCUT2D eigenvalue weighted by atomic mass is 19.3. The maximum atomic E-state index is 11.8. The summed E-state index contributed by atoms with van der Waals surface area (Å²) in [7, 11) is 0. The summed E-state index contributed by atoms with van der Waals surface area (Å²) < 4.78 is 23.6. The monoisotopic (exact) mass is 179 g/mol. The highest BCUT2D eigenvalue weighted by Crippen LogP contribution is 2.12. The van der Waals surface area contributed by atoms with Crippen LogP contribution in [0.1, 0.15) is 33.6 Å². The van der Waals surface area contributed by atoms with Crippen molar-refractivity contribution in [1.29, 1.82) is 0 Å². The number of hydrogen-bond acceptors (Lipinski definition) is 1. The average molecular weight is 179 g/mol. The molecule has 74 valence electrons. The van der Waals surface area contributed by atoms with Crippen molar-refractivity contribution in [2.24, 2.45) is 5.92 Å². The van der Waals surface area contributed by atoms with Crippen LogP contribution in [-0.2, 0) is 0 Å². The standard InChI is InChI=1S/C9H19F2N/c1-4-8(5-2)7(3)12-6-9(10)11/h7-9,12H,4-6H2,1-3H3. The van der Waals surface area contributed by atoms with Crippen LogP contribution < -0.4 is 5.32 Å². The van der Waals surface area contributed by atoms with E-state index in [0.29, 0.717) is 5.92 Å². The van der Waals surface area contributed by atoms with Gasteiger partial charge in [0.15, 0.2) is 0 Å². The summed E-state index contributed by atoms with van der Waals surface area (Å²) in [5.41, 5.74) is 0. The molecule has 1 atom stereocenters. The van der Waals surface area contributed by atoms with Gasteiger partial charge >= 0.3 is 0 Å². The molecule has 0 saturated heterocycles. The Morgan fingerprint density at radius 1 is 1.17 bits per heavy atom. The highest BCUT2D eigenvalue weighted by Gasteiger charge is 2.13. The van der Waals surface area contributed by atoms with Crippen molar-refractivity contribution in [2.45, 2.75) is 46.1 Å². The second-order valence-corrected chi connectivity index (χ2v) is 3.16. The molecule has 0 saturated carbocycles. The summed E-state index contributed by atoms with van der Waals surface area (Å²) in [5, 5.41) is 2.83. The quantitative estimate of drug-likeness (QED) is 0.661. The molecule has 0 spiro atoms. The van der Waals surface area contributed by atoms with Gasteiger partial charge in [0, 0.05) is 6.04 Å². The van der Waals surface area contributed by atoms with E-state index in [0.717, 1.165) is 12.8 Å². The van der Waals surface area contributed by atoms with E-state index in [4.69, 9.17) is 0 Å². The molecular formula is C9H19F2N. The Morgan fingerprint density at radius 3 is 2.00 bits per heavy atom. The molecule has 0 aromatic heterocycles. The summed E-state index contributed by atoms with van der Waals surface area (Å²) in [6.45, 7) is 5.97. The van der Waals surface area contributed by atoms with Crippen molar-refractivity contribution >= 4 is 0 Å². The molecule has 0 amide bonds. The lowest BCUT2D eigenvalue weighted by Crippen LogP contribution is -2.36. The Morgan fingerprint density at radius 2 is 1.67 bits per heavy atom. The zero-order valence-electron chi connectivity index (χ0n) is 8.11. The summed E-state index contributed by atoms with van der Waals surface area (Å²) in [4.78, 5) is 0. The SMILES string of the molecule is CCC(CC)C(C)NCC(F)F.